The second-order valence-electron chi connectivity index (χ2n) is 4.90. The zero-order valence-electron chi connectivity index (χ0n) is 12.6. The van der Waals surface area contributed by atoms with E-state index in [9.17, 15) is 9.59 Å². The van der Waals surface area contributed by atoms with Gasteiger partial charge in [0.15, 0.2) is 10.8 Å². The molecule has 0 saturated carbocycles. The lowest BCUT2D eigenvalue weighted by Gasteiger charge is -2.11. The van der Waals surface area contributed by atoms with Crippen molar-refractivity contribution in [1.82, 2.24) is 15.6 Å². The highest BCUT2D eigenvalue weighted by Gasteiger charge is 2.13. The molecule has 2 heterocycles. The molecular formula is C15H19N3O3S. The minimum Gasteiger partial charge on any atom is -0.462 e. The summed E-state index contributed by atoms with van der Waals surface area (Å²) in [6.07, 6.45) is 2.70. The first-order chi connectivity index (χ1) is 10.6. The Morgan fingerprint density at radius 2 is 2.27 bits per heavy atom. The molecule has 0 saturated heterocycles. The minimum atomic E-state index is -0.287. The lowest BCUT2D eigenvalue weighted by Crippen LogP contribution is -2.35. The Kier molecular flexibility index (Phi) is 5.71. The molecule has 2 aromatic rings. The molecule has 2 N–H and O–H groups in total. The van der Waals surface area contributed by atoms with Gasteiger partial charge in [-0.15, -0.1) is 11.3 Å². The summed E-state index contributed by atoms with van der Waals surface area (Å²) >= 11 is 1.34. The molecule has 22 heavy (non-hydrogen) atoms. The molecule has 0 radical (unpaired) electrons. The highest BCUT2D eigenvalue weighted by molar-refractivity contribution is 7.13. The Morgan fingerprint density at radius 3 is 2.95 bits per heavy atom. The maximum atomic E-state index is 12.0. The van der Waals surface area contributed by atoms with E-state index in [1.54, 1.807) is 23.8 Å². The maximum Gasteiger partial charge on any atom is 0.270 e. The number of thiazole rings is 1. The van der Waals surface area contributed by atoms with Gasteiger partial charge in [0.1, 0.15) is 5.69 Å². The second-order valence-corrected chi connectivity index (χ2v) is 5.76. The van der Waals surface area contributed by atoms with E-state index >= 15 is 0 Å². The first-order valence-electron chi connectivity index (χ1n) is 7.17. The van der Waals surface area contributed by atoms with Crippen molar-refractivity contribution in [1.29, 1.82) is 0 Å². The summed E-state index contributed by atoms with van der Waals surface area (Å²) in [5.74, 6) is 0.284. The standard InChI is InChI=1S/C15H19N3O3S/c1-3-10(2)17-13(19)6-7-16-14(20)11-9-22-15(18-11)12-5-4-8-21-12/h4-5,8-10H,3,6-7H2,1-2H3,(H,16,20)(H,17,19). The molecule has 0 aliphatic rings. The Balaban J connectivity index is 1.79. The van der Waals surface area contributed by atoms with Crippen molar-refractivity contribution in [2.45, 2.75) is 32.7 Å². The molecule has 0 bridgehead atoms. The summed E-state index contributed by atoms with van der Waals surface area (Å²) in [5, 5.41) is 7.87. The van der Waals surface area contributed by atoms with Crippen LogP contribution in [0.5, 0.6) is 0 Å². The summed E-state index contributed by atoms with van der Waals surface area (Å²) in [6, 6.07) is 3.71. The van der Waals surface area contributed by atoms with E-state index in [0.717, 1.165) is 6.42 Å². The number of nitrogens with zero attached hydrogens (tertiary/aromatic N) is 1. The maximum absolute atomic E-state index is 12.0. The molecular weight excluding hydrogens is 302 g/mol. The smallest absolute Gasteiger partial charge is 0.270 e. The van der Waals surface area contributed by atoms with Crippen LogP contribution in [0.1, 0.15) is 37.2 Å². The van der Waals surface area contributed by atoms with E-state index in [0.29, 0.717) is 16.5 Å². The van der Waals surface area contributed by atoms with Crippen molar-refractivity contribution >= 4 is 23.2 Å². The highest BCUT2D eigenvalue weighted by atomic mass is 32.1. The summed E-state index contributed by atoms with van der Waals surface area (Å²) in [4.78, 5) is 27.8. The van der Waals surface area contributed by atoms with Crippen LogP contribution in [0.2, 0.25) is 0 Å². The molecule has 1 atom stereocenters. The van der Waals surface area contributed by atoms with Gasteiger partial charge in [-0.2, -0.15) is 0 Å². The molecule has 0 fully saturated rings. The molecule has 0 aliphatic carbocycles. The third-order valence-corrected chi connectivity index (χ3v) is 3.98. The molecule has 0 aliphatic heterocycles. The van der Waals surface area contributed by atoms with Gasteiger partial charge in [0, 0.05) is 24.4 Å². The molecule has 2 aromatic heterocycles. The van der Waals surface area contributed by atoms with Gasteiger partial charge in [0.2, 0.25) is 5.91 Å². The zero-order chi connectivity index (χ0) is 15.9. The predicted molar refractivity (Wildman–Crippen MR) is 84.7 cm³/mol. The molecule has 2 rings (SSSR count). The predicted octanol–water partition coefficient (Wildman–Crippen LogP) is 2.44. The van der Waals surface area contributed by atoms with Gasteiger partial charge >= 0.3 is 0 Å². The van der Waals surface area contributed by atoms with Crippen molar-refractivity contribution in [2.75, 3.05) is 6.54 Å². The van der Waals surface area contributed by atoms with Gasteiger partial charge in [-0.05, 0) is 25.5 Å². The summed E-state index contributed by atoms with van der Waals surface area (Å²) in [6.45, 7) is 4.24. The van der Waals surface area contributed by atoms with E-state index in [-0.39, 0.29) is 30.8 Å². The first-order valence-corrected chi connectivity index (χ1v) is 8.05. The normalized spacial score (nSPS) is 11.9. The number of carbonyl (C=O) groups is 2. The number of hydrogen-bond acceptors (Lipinski definition) is 5. The topological polar surface area (TPSA) is 84.2 Å². The van der Waals surface area contributed by atoms with Crippen LogP contribution < -0.4 is 10.6 Å². The van der Waals surface area contributed by atoms with E-state index in [2.05, 4.69) is 15.6 Å². The number of amides is 2. The van der Waals surface area contributed by atoms with Crippen LogP contribution in [-0.2, 0) is 4.79 Å². The fraction of sp³-hybridized carbons (Fsp3) is 0.400. The van der Waals surface area contributed by atoms with Gasteiger partial charge in [-0.1, -0.05) is 6.92 Å². The number of carbonyl (C=O) groups excluding carboxylic acids is 2. The fourth-order valence-corrected chi connectivity index (χ4v) is 2.49. The van der Waals surface area contributed by atoms with E-state index in [4.69, 9.17) is 4.42 Å². The average Bonchev–Trinajstić information content (AvgIpc) is 3.17. The lowest BCUT2D eigenvalue weighted by molar-refractivity contribution is -0.121. The average molecular weight is 321 g/mol. The Morgan fingerprint density at radius 1 is 1.45 bits per heavy atom. The number of hydrogen-bond donors (Lipinski definition) is 2. The van der Waals surface area contributed by atoms with Gasteiger partial charge in [0.05, 0.1) is 6.26 Å². The van der Waals surface area contributed by atoms with Crippen LogP contribution >= 0.6 is 11.3 Å². The Bertz CT molecular complexity index is 622. The molecule has 118 valence electrons. The summed E-state index contributed by atoms with van der Waals surface area (Å²) in [7, 11) is 0. The number of nitrogens with one attached hydrogen (secondary N) is 2. The SMILES string of the molecule is CCC(C)NC(=O)CCNC(=O)c1csc(-c2ccco2)n1. The number of rotatable bonds is 7. The van der Waals surface area contributed by atoms with Gasteiger partial charge in [0.25, 0.3) is 5.91 Å². The third-order valence-electron chi connectivity index (χ3n) is 3.13. The van der Waals surface area contributed by atoms with Gasteiger partial charge in [-0.25, -0.2) is 4.98 Å². The van der Waals surface area contributed by atoms with E-state index < -0.39 is 0 Å². The van der Waals surface area contributed by atoms with Crippen molar-refractivity contribution in [3.05, 3.63) is 29.5 Å². The molecule has 1 unspecified atom stereocenters. The third kappa shape index (κ3) is 4.42. The monoisotopic (exact) mass is 321 g/mol. The van der Waals surface area contributed by atoms with Crippen molar-refractivity contribution in [3.8, 4) is 10.8 Å². The molecule has 6 nitrogen and oxygen atoms in total. The van der Waals surface area contributed by atoms with E-state index in [1.807, 2.05) is 13.8 Å². The van der Waals surface area contributed by atoms with Crippen molar-refractivity contribution in [3.63, 3.8) is 0 Å². The molecule has 2 amide bonds. The van der Waals surface area contributed by atoms with Crippen LogP contribution in [-0.4, -0.2) is 29.4 Å². The lowest BCUT2D eigenvalue weighted by atomic mass is 10.2. The van der Waals surface area contributed by atoms with Crippen LogP contribution in [0.15, 0.2) is 28.2 Å². The quantitative estimate of drug-likeness (QED) is 0.820. The first kappa shape index (κ1) is 16.2. The van der Waals surface area contributed by atoms with E-state index in [1.165, 1.54) is 11.3 Å². The second kappa shape index (κ2) is 7.74. The number of aromatic nitrogens is 1. The molecule has 7 heteroatoms. The summed E-state index contributed by atoms with van der Waals surface area (Å²) in [5.41, 5.74) is 0.332. The van der Waals surface area contributed by atoms with Crippen LogP contribution in [0.3, 0.4) is 0 Å². The minimum absolute atomic E-state index is 0.0656. The molecule has 0 spiro atoms. The molecule has 0 aromatic carbocycles. The highest BCUT2D eigenvalue weighted by Crippen LogP contribution is 2.23. The number of furan rings is 1. The van der Waals surface area contributed by atoms with Crippen LogP contribution in [0, 0.1) is 0 Å². The van der Waals surface area contributed by atoms with Crippen molar-refractivity contribution < 1.29 is 14.0 Å². The summed E-state index contributed by atoms with van der Waals surface area (Å²) < 4.78 is 5.24. The zero-order valence-corrected chi connectivity index (χ0v) is 13.4. The Labute approximate surface area is 132 Å². The largest absolute Gasteiger partial charge is 0.462 e. The van der Waals surface area contributed by atoms with Crippen LogP contribution in [0.4, 0.5) is 0 Å². The van der Waals surface area contributed by atoms with Gasteiger partial charge < -0.3 is 15.1 Å². The fourth-order valence-electron chi connectivity index (χ4n) is 1.72. The van der Waals surface area contributed by atoms with Crippen molar-refractivity contribution in [2.24, 2.45) is 0 Å². The Hall–Kier alpha value is -2.15. The van der Waals surface area contributed by atoms with Gasteiger partial charge in [-0.3, -0.25) is 9.59 Å². The van der Waals surface area contributed by atoms with Crippen LogP contribution in [0.25, 0.3) is 10.8 Å².